The van der Waals surface area contributed by atoms with E-state index in [0.29, 0.717) is 0 Å². The second-order valence-corrected chi connectivity index (χ2v) is 6.89. The number of carbonyl (C=O) groups is 2. The average Bonchev–Trinajstić information content (AvgIpc) is 2.91. The van der Waals surface area contributed by atoms with Crippen LogP contribution in [0.5, 0.6) is 0 Å². The smallest absolute Gasteiger partial charge is 0.407 e. The number of fused-ring (bicyclic) bond motifs is 3. The first kappa shape index (κ1) is 17.9. The highest BCUT2D eigenvalue weighted by Gasteiger charge is 2.36. The number of alkyl carbamates (subject to hydrolysis) is 1. The van der Waals surface area contributed by atoms with Crippen molar-refractivity contribution in [2.45, 2.75) is 31.4 Å². The van der Waals surface area contributed by atoms with Gasteiger partial charge in [0.15, 0.2) is 6.04 Å². The van der Waals surface area contributed by atoms with Crippen LogP contribution in [-0.2, 0) is 9.53 Å². The van der Waals surface area contributed by atoms with E-state index in [1.54, 1.807) is 0 Å². The molecule has 1 atom stereocenters. The van der Waals surface area contributed by atoms with E-state index in [2.05, 4.69) is 5.32 Å². The Bertz CT molecular complexity index is 795. The van der Waals surface area contributed by atoms with Crippen LogP contribution in [0.3, 0.4) is 0 Å². The topological polar surface area (TPSA) is 95.9 Å². The van der Waals surface area contributed by atoms with Crippen LogP contribution in [0.15, 0.2) is 48.5 Å². The molecular weight excluding hydrogens is 334 g/mol. The number of carboxylic acids is 1. The first-order valence-electron chi connectivity index (χ1n) is 8.35. The summed E-state index contributed by atoms with van der Waals surface area (Å²) >= 11 is 0. The Kier molecular flexibility index (Phi) is 4.70. The van der Waals surface area contributed by atoms with Gasteiger partial charge in [-0.2, -0.15) is 0 Å². The van der Waals surface area contributed by atoms with Crippen LogP contribution in [0, 0.1) is 0 Å². The van der Waals surface area contributed by atoms with Gasteiger partial charge >= 0.3 is 12.1 Å². The van der Waals surface area contributed by atoms with Gasteiger partial charge in [-0.3, -0.25) is 0 Å². The maximum Gasteiger partial charge on any atom is 0.407 e. The number of aliphatic hydroxyl groups is 1. The van der Waals surface area contributed by atoms with E-state index in [1.165, 1.54) is 13.8 Å². The van der Waals surface area contributed by atoms with Crippen molar-refractivity contribution >= 4 is 12.1 Å². The summed E-state index contributed by atoms with van der Waals surface area (Å²) in [6.45, 7) is 2.71. The normalized spacial score (nSPS) is 14.3. The molecule has 0 radical (unpaired) electrons. The van der Waals surface area contributed by atoms with Gasteiger partial charge < -0.3 is 20.3 Å². The van der Waals surface area contributed by atoms with Crippen LogP contribution < -0.4 is 5.32 Å². The van der Waals surface area contributed by atoms with Gasteiger partial charge in [0.25, 0.3) is 0 Å². The Morgan fingerprint density at radius 2 is 1.58 bits per heavy atom. The lowest BCUT2D eigenvalue weighted by Gasteiger charge is -2.26. The lowest BCUT2D eigenvalue weighted by Crippen LogP contribution is -2.54. The monoisotopic (exact) mass is 355 g/mol. The zero-order valence-corrected chi connectivity index (χ0v) is 14.6. The molecule has 0 fully saturated rings. The van der Waals surface area contributed by atoms with Gasteiger partial charge in [0.05, 0.1) is 5.60 Å². The van der Waals surface area contributed by atoms with E-state index in [-0.39, 0.29) is 12.5 Å². The average molecular weight is 355 g/mol. The van der Waals surface area contributed by atoms with Gasteiger partial charge in [0, 0.05) is 5.92 Å². The minimum Gasteiger partial charge on any atom is -0.480 e. The summed E-state index contributed by atoms with van der Waals surface area (Å²) in [5, 5.41) is 21.3. The molecule has 0 aliphatic heterocycles. The fraction of sp³-hybridized carbons (Fsp3) is 0.300. The number of rotatable bonds is 5. The maximum atomic E-state index is 12.1. The molecular formula is C20H21NO5. The number of ether oxygens (including phenoxy) is 1. The lowest BCUT2D eigenvalue weighted by molar-refractivity contribution is -0.145. The third-order valence-electron chi connectivity index (χ3n) is 4.56. The Balaban J connectivity index is 1.74. The fourth-order valence-corrected chi connectivity index (χ4v) is 3.30. The molecule has 1 unspecified atom stereocenters. The summed E-state index contributed by atoms with van der Waals surface area (Å²) in [5.74, 6) is -1.44. The van der Waals surface area contributed by atoms with Crippen LogP contribution in [-0.4, -0.2) is 40.5 Å². The molecule has 6 nitrogen and oxygen atoms in total. The highest BCUT2D eigenvalue weighted by Crippen LogP contribution is 2.44. The number of hydrogen-bond acceptors (Lipinski definition) is 4. The van der Waals surface area contributed by atoms with Crippen molar-refractivity contribution in [2.24, 2.45) is 0 Å². The van der Waals surface area contributed by atoms with Gasteiger partial charge in [0.2, 0.25) is 0 Å². The second kappa shape index (κ2) is 6.80. The third-order valence-corrected chi connectivity index (χ3v) is 4.56. The first-order valence-corrected chi connectivity index (χ1v) is 8.35. The largest absolute Gasteiger partial charge is 0.480 e. The number of aliphatic carboxylic acids is 1. The fourth-order valence-electron chi connectivity index (χ4n) is 3.30. The molecule has 3 N–H and O–H groups in total. The highest BCUT2D eigenvalue weighted by molar-refractivity contribution is 5.81. The molecule has 1 aliphatic carbocycles. The number of amides is 1. The molecule has 0 heterocycles. The predicted octanol–water partition coefficient (Wildman–Crippen LogP) is 2.75. The molecule has 2 aromatic rings. The van der Waals surface area contributed by atoms with Crippen LogP contribution in [0.1, 0.15) is 30.9 Å². The molecule has 0 aromatic heterocycles. The number of nitrogens with one attached hydrogen (secondary N) is 1. The summed E-state index contributed by atoms with van der Waals surface area (Å²) in [6.07, 6.45) is -0.874. The predicted molar refractivity (Wildman–Crippen MR) is 95.9 cm³/mol. The summed E-state index contributed by atoms with van der Waals surface area (Å²) in [5.41, 5.74) is 2.74. The standard InChI is InChI=1S/C20H21NO5/c1-20(2,25)17(18(22)23)21-19(24)26-11-16-14-9-5-3-7-12(14)13-8-4-6-10-15(13)16/h3-10,16-17,25H,11H2,1-2H3,(H,21,24)(H,22,23). The lowest BCUT2D eigenvalue weighted by atomic mass is 9.98. The zero-order chi connectivity index (χ0) is 18.9. The van der Waals surface area contributed by atoms with Crippen molar-refractivity contribution in [1.29, 1.82) is 0 Å². The van der Waals surface area contributed by atoms with E-state index >= 15 is 0 Å². The van der Waals surface area contributed by atoms with E-state index in [0.717, 1.165) is 22.3 Å². The SMILES string of the molecule is CC(C)(O)C(NC(=O)OCC1c2ccccc2-c2ccccc21)C(=O)O. The number of benzene rings is 2. The number of hydrogen-bond donors (Lipinski definition) is 3. The van der Waals surface area contributed by atoms with Gasteiger partial charge in [0.1, 0.15) is 6.61 Å². The van der Waals surface area contributed by atoms with Crippen LogP contribution in [0.25, 0.3) is 11.1 Å². The zero-order valence-electron chi connectivity index (χ0n) is 14.6. The van der Waals surface area contributed by atoms with Crippen molar-refractivity contribution in [3.8, 4) is 11.1 Å². The molecule has 0 bridgehead atoms. The van der Waals surface area contributed by atoms with Gasteiger partial charge in [-0.15, -0.1) is 0 Å². The molecule has 0 spiro atoms. The van der Waals surface area contributed by atoms with Gasteiger partial charge in [-0.1, -0.05) is 48.5 Å². The summed E-state index contributed by atoms with van der Waals surface area (Å²) < 4.78 is 5.29. The number of carbonyl (C=O) groups excluding carboxylic acids is 1. The molecule has 1 aliphatic rings. The molecule has 1 amide bonds. The summed E-state index contributed by atoms with van der Waals surface area (Å²) in [6, 6.07) is 14.4. The molecule has 26 heavy (non-hydrogen) atoms. The van der Waals surface area contributed by atoms with E-state index < -0.39 is 23.7 Å². The minimum absolute atomic E-state index is 0.0814. The Hall–Kier alpha value is -2.86. The van der Waals surface area contributed by atoms with Crippen molar-refractivity contribution in [2.75, 3.05) is 6.61 Å². The van der Waals surface area contributed by atoms with E-state index in [9.17, 15) is 14.7 Å². The van der Waals surface area contributed by atoms with E-state index in [1.807, 2.05) is 48.5 Å². The van der Waals surface area contributed by atoms with Crippen molar-refractivity contribution in [1.82, 2.24) is 5.32 Å². The molecule has 2 aromatic carbocycles. The quantitative estimate of drug-likeness (QED) is 0.766. The van der Waals surface area contributed by atoms with Crippen LogP contribution in [0.2, 0.25) is 0 Å². The molecule has 0 saturated carbocycles. The highest BCUT2D eigenvalue weighted by atomic mass is 16.5. The molecule has 3 rings (SSSR count). The van der Waals surface area contributed by atoms with Gasteiger partial charge in [-0.05, 0) is 36.1 Å². The first-order chi connectivity index (χ1) is 12.3. The summed E-state index contributed by atoms with van der Waals surface area (Å²) in [7, 11) is 0. The van der Waals surface area contributed by atoms with E-state index in [4.69, 9.17) is 9.84 Å². The van der Waals surface area contributed by atoms with Crippen LogP contribution >= 0.6 is 0 Å². The maximum absolute atomic E-state index is 12.1. The minimum atomic E-state index is -1.61. The molecule has 136 valence electrons. The molecule has 0 saturated heterocycles. The Morgan fingerprint density at radius 3 is 2.04 bits per heavy atom. The van der Waals surface area contributed by atoms with Crippen molar-refractivity contribution in [3.05, 3.63) is 59.7 Å². The second-order valence-electron chi connectivity index (χ2n) is 6.89. The third kappa shape index (κ3) is 3.41. The Morgan fingerprint density at radius 1 is 1.08 bits per heavy atom. The number of carboxylic acid groups (broad SMARTS) is 1. The summed E-state index contributed by atoms with van der Waals surface area (Å²) in [4.78, 5) is 23.3. The van der Waals surface area contributed by atoms with Gasteiger partial charge in [-0.25, -0.2) is 9.59 Å². The van der Waals surface area contributed by atoms with Crippen LogP contribution in [0.4, 0.5) is 4.79 Å². The molecule has 6 heteroatoms. The Labute approximate surface area is 151 Å². The van der Waals surface area contributed by atoms with Crippen molar-refractivity contribution in [3.63, 3.8) is 0 Å². The van der Waals surface area contributed by atoms with Crippen molar-refractivity contribution < 1.29 is 24.5 Å².